The van der Waals surface area contributed by atoms with E-state index in [4.69, 9.17) is 4.42 Å². The van der Waals surface area contributed by atoms with Crippen molar-refractivity contribution in [1.29, 1.82) is 0 Å². The highest BCUT2D eigenvalue weighted by molar-refractivity contribution is 5.92. The molecule has 3 aromatic rings. The van der Waals surface area contributed by atoms with E-state index < -0.39 is 6.03 Å². The van der Waals surface area contributed by atoms with E-state index in [1.165, 1.54) is 6.20 Å². The van der Waals surface area contributed by atoms with Crippen LogP contribution in [0.3, 0.4) is 0 Å². The number of carbonyl (C=O) groups excluding carboxylic acids is 1. The number of aryl methyl sites for hydroxylation is 1. The Hall–Kier alpha value is -3.02. The zero-order valence-corrected chi connectivity index (χ0v) is 14.3. The molecule has 2 heterocycles. The zero-order valence-electron chi connectivity index (χ0n) is 14.3. The summed E-state index contributed by atoms with van der Waals surface area (Å²) < 4.78 is 5.34. The number of rotatable bonds is 5. The molecule has 1 aromatic carbocycles. The molecule has 0 spiro atoms. The largest absolute Gasteiger partial charge is 0.469 e. The highest BCUT2D eigenvalue weighted by Crippen LogP contribution is 2.18. The Morgan fingerprint density at radius 1 is 1.28 bits per heavy atom. The van der Waals surface area contributed by atoms with E-state index >= 15 is 0 Å². The van der Waals surface area contributed by atoms with Crippen LogP contribution in [0, 0.1) is 6.92 Å². The summed E-state index contributed by atoms with van der Waals surface area (Å²) >= 11 is 0. The summed E-state index contributed by atoms with van der Waals surface area (Å²) in [7, 11) is 0. The van der Waals surface area contributed by atoms with Gasteiger partial charge in [0.15, 0.2) is 0 Å². The number of furan rings is 1. The van der Waals surface area contributed by atoms with Gasteiger partial charge in [-0.15, -0.1) is 0 Å². The number of benzene rings is 1. The Morgan fingerprint density at radius 3 is 2.88 bits per heavy atom. The van der Waals surface area contributed by atoms with Crippen LogP contribution in [0.5, 0.6) is 0 Å². The Labute approximate surface area is 145 Å². The van der Waals surface area contributed by atoms with Gasteiger partial charge in [-0.25, -0.2) is 4.79 Å². The summed E-state index contributed by atoms with van der Waals surface area (Å²) in [6.45, 7) is 4.45. The average Bonchev–Trinajstić information content (AvgIpc) is 3.12. The van der Waals surface area contributed by atoms with Crippen molar-refractivity contribution in [2.75, 3.05) is 11.9 Å². The molecule has 25 heavy (non-hydrogen) atoms. The van der Waals surface area contributed by atoms with Crippen molar-refractivity contribution >= 4 is 22.6 Å². The molecule has 0 aliphatic heterocycles. The summed E-state index contributed by atoms with van der Waals surface area (Å²) in [5.41, 5.74) is 1.80. The molecular weight excluding hydrogens is 318 g/mol. The van der Waals surface area contributed by atoms with Crippen LogP contribution in [0.2, 0.25) is 0 Å². The number of anilines is 1. The highest BCUT2D eigenvalue weighted by Gasteiger charge is 2.11. The minimum atomic E-state index is -0.399. The van der Waals surface area contributed by atoms with Gasteiger partial charge in [-0.1, -0.05) is 19.1 Å². The molecule has 0 radical (unpaired) electrons. The number of para-hydroxylation sites is 1. The van der Waals surface area contributed by atoms with Gasteiger partial charge in [-0.05, 0) is 37.1 Å². The van der Waals surface area contributed by atoms with Crippen molar-refractivity contribution in [2.45, 2.75) is 26.2 Å². The van der Waals surface area contributed by atoms with Crippen LogP contribution in [0.1, 0.15) is 30.6 Å². The van der Waals surface area contributed by atoms with Crippen LogP contribution in [0.4, 0.5) is 10.5 Å². The lowest BCUT2D eigenvalue weighted by atomic mass is 10.1. The number of urea groups is 1. The molecule has 2 amide bonds. The van der Waals surface area contributed by atoms with E-state index in [2.05, 4.69) is 15.6 Å². The molecule has 6 nitrogen and oxygen atoms in total. The van der Waals surface area contributed by atoms with E-state index in [1.54, 1.807) is 12.3 Å². The Kier molecular flexibility index (Phi) is 4.88. The van der Waals surface area contributed by atoms with Crippen molar-refractivity contribution in [3.63, 3.8) is 0 Å². The minimum absolute atomic E-state index is 0.198. The van der Waals surface area contributed by atoms with Crippen molar-refractivity contribution in [3.8, 4) is 0 Å². The summed E-state index contributed by atoms with van der Waals surface area (Å²) in [5, 5.41) is 5.94. The second-order valence-corrected chi connectivity index (χ2v) is 6.11. The van der Waals surface area contributed by atoms with E-state index in [0.29, 0.717) is 11.9 Å². The van der Waals surface area contributed by atoms with E-state index in [1.807, 2.05) is 38.1 Å². The molecule has 0 fully saturated rings. The molecule has 1 atom stereocenters. The fourth-order valence-corrected chi connectivity index (χ4v) is 2.78. The lowest BCUT2D eigenvalue weighted by Gasteiger charge is -2.11. The first-order chi connectivity index (χ1) is 12.1. The van der Waals surface area contributed by atoms with Gasteiger partial charge in [-0.3, -0.25) is 4.79 Å². The topological polar surface area (TPSA) is 87.1 Å². The summed E-state index contributed by atoms with van der Waals surface area (Å²) in [4.78, 5) is 27.6. The molecule has 0 aliphatic carbocycles. The normalized spacial score (nSPS) is 12.1. The Balaban J connectivity index is 1.60. The third kappa shape index (κ3) is 3.74. The van der Waals surface area contributed by atoms with Crippen LogP contribution in [0.25, 0.3) is 10.9 Å². The molecule has 3 rings (SSSR count). The molecule has 130 valence electrons. The lowest BCUT2D eigenvalue weighted by molar-refractivity contribution is 0.251. The number of H-pyrrole nitrogens is 1. The third-order valence-electron chi connectivity index (χ3n) is 4.26. The zero-order chi connectivity index (χ0) is 17.8. The number of pyridine rings is 1. The predicted octanol–water partition coefficient (Wildman–Crippen LogP) is 3.74. The maximum absolute atomic E-state index is 12.5. The molecule has 0 saturated carbocycles. The van der Waals surface area contributed by atoms with Gasteiger partial charge < -0.3 is 20.0 Å². The van der Waals surface area contributed by atoms with Crippen LogP contribution in [0.15, 0.2) is 52.0 Å². The van der Waals surface area contributed by atoms with Crippen LogP contribution >= 0.6 is 0 Å². The maximum Gasteiger partial charge on any atom is 0.319 e. The van der Waals surface area contributed by atoms with Crippen molar-refractivity contribution in [3.05, 3.63) is 64.3 Å². The Bertz CT molecular complexity index is 929. The predicted molar refractivity (Wildman–Crippen MR) is 98.1 cm³/mol. The first kappa shape index (κ1) is 16.8. The lowest BCUT2D eigenvalue weighted by Crippen LogP contribution is -2.32. The molecule has 0 saturated heterocycles. The molecule has 2 aromatic heterocycles. The minimum Gasteiger partial charge on any atom is -0.469 e. The molecule has 0 bridgehead atoms. The SMILES string of the molecule is Cc1cccc2c(=O)c(NC(=O)NCC[C@H](C)c3ccco3)c[nH]c12. The van der Waals surface area contributed by atoms with Crippen molar-refractivity contribution in [1.82, 2.24) is 10.3 Å². The third-order valence-corrected chi connectivity index (χ3v) is 4.26. The molecule has 0 unspecified atom stereocenters. The standard InChI is InChI=1S/C19H21N3O3/c1-12(16-7-4-10-25-16)8-9-20-19(24)22-15-11-21-17-13(2)5-3-6-14(17)18(15)23/h3-7,10-12H,8-9H2,1-2H3,(H,21,23)(H2,20,22,24)/t12-/m0/s1. The second-order valence-electron chi connectivity index (χ2n) is 6.11. The van der Waals surface area contributed by atoms with Gasteiger partial charge in [0.1, 0.15) is 11.4 Å². The van der Waals surface area contributed by atoms with Crippen molar-refractivity contribution < 1.29 is 9.21 Å². The van der Waals surface area contributed by atoms with Crippen LogP contribution in [-0.2, 0) is 0 Å². The Morgan fingerprint density at radius 2 is 2.12 bits per heavy atom. The number of aromatic nitrogens is 1. The fourth-order valence-electron chi connectivity index (χ4n) is 2.78. The fraction of sp³-hybridized carbons (Fsp3) is 0.263. The summed E-state index contributed by atoms with van der Waals surface area (Å²) in [6, 6.07) is 8.87. The number of aromatic amines is 1. The second kappa shape index (κ2) is 7.25. The van der Waals surface area contributed by atoms with E-state index in [0.717, 1.165) is 23.3 Å². The first-order valence-electron chi connectivity index (χ1n) is 8.25. The van der Waals surface area contributed by atoms with Gasteiger partial charge in [0, 0.05) is 24.0 Å². The summed E-state index contributed by atoms with van der Waals surface area (Å²) in [5.74, 6) is 1.10. The quantitative estimate of drug-likeness (QED) is 0.661. The summed E-state index contributed by atoms with van der Waals surface area (Å²) in [6.07, 6.45) is 3.91. The number of hydrogen-bond acceptors (Lipinski definition) is 3. The monoisotopic (exact) mass is 339 g/mol. The highest BCUT2D eigenvalue weighted by atomic mass is 16.3. The molecular formula is C19H21N3O3. The van der Waals surface area contributed by atoms with Crippen LogP contribution in [-0.4, -0.2) is 17.6 Å². The van der Waals surface area contributed by atoms with Gasteiger partial charge >= 0.3 is 6.03 Å². The van der Waals surface area contributed by atoms with Gasteiger partial charge in [0.2, 0.25) is 5.43 Å². The van der Waals surface area contributed by atoms with E-state index in [9.17, 15) is 9.59 Å². The molecule has 0 aliphatic rings. The number of hydrogen-bond donors (Lipinski definition) is 3. The van der Waals surface area contributed by atoms with Gasteiger partial charge in [0.25, 0.3) is 0 Å². The average molecular weight is 339 g/mol. The van der Waals surface area contributed by atoms with Crippen molar-refractivity contribution in [2.24, 2.45) is 0 Å². The molecule has 6 heteroatoms. The van der Waals surface area contributed by atoms with Crippen LogP contribution < -0.4 is 16.1 Å². The number of amides is 2. The molecule has 3 N–H and O–H groups in total. The number of carbonyl (C=O) groups is 1. The number of fused-ring (bicyclic) bond motifs is 1. The first-order valence-corrected chi connectivity index (χ1v) is 8.25. The maximum atomic E-state index is 12.5. The van der Waals surface area contributed by atoms with Gasteiger partial charge in [0.05, 0.1) is 11.8 Å². The smallest absolute Gasteiger partial charge is 0.319 e. The van der Waals surface area contributed by atoms with Gasteiger partial charge in [-0.2, -0.15) is 0 Å². The number of nitrogens with one attached hydrogen (secondary N) is 3. The van der Waals surface area contributed by atoms with E-state index in [-0.39, 0.29) is 17.0 Å².